The summed E-state index contributed by atoms with van der Waals surface area (Å²) in [4.78, 5) is 13.1. The molecule has 0 spiro atoms. The zero-order chi connectivity index (χ0) is 19.2. The molecule has 0 saturated heterocycles. The molecule has 2 aromatic rings. The fraction of sp³-hybridized carbons (Fsp3) is 0.235. The van der Waals surface area contributed by atoms with Gasteiger partial charge in [0.15, 0.2) is 0 Å². The number of amides is 1. The number of anilines is 2. The second kappa shape index (κ2) is 6.77. The molecule has 0 aromatic heterocycles. The first-order valence-electron chi connectivity index (χ1n) is 8.20. The lowest BCUT2D eigenvalue weighted by Gasteiger charge is -2.18. The molecule has 2 aliphatic rings. The Morgan fingerprint density at radius 2 is 2.04 bits per heavy atom. The molecule has 5 nitrogen and oxygen atoms in total. The molecule has 0 radical (unpaired) electrons. The summed E-state index contributed by atoms with van der Waals surface area (Å²) in [5, 5.41) is 9.75. The minimum absolute atomic E-state index is 0.0257. The van der Waals surface area contributed by atoms with Gasteiger partial charge < -0.3 is 19.3 Å². The summed E-state index contributed by atoms with van der Waals surface area (Å²) in [6.45, 7) is 0.403. The zero-order valence-corrected chi connectivity index (χ0v) is 14.7. The van der Waals surface area contributed by atoms with Gasteiger partial charge in [-0.2, -0.15) is 13.2 Å². The molecule has 0 atom stereocenters. The SMILES string of the molecule is O=C(N1CCc2cc(SNc3ccc4c(c3)B(O)OC4)ccc21)C(F)(F)F. The molecular formula is C17H14BF3N2O3S. The molecule has 0 unspecified atom stereocenters. The number of hydrogen-bond acceptors (Lipinski definition) is 5. The summed E-state index contributed by atoms with van der Waals surface area (Å²) in [6, 6.07) is 10.5. The van der Waals surface area contributed by atoms with Gasteiger partial charge in [0.05, 0.1) is 6.61 Å². The molecule has 0 aliphatic carbocycles. The number of halogens is 3. The van der Waals surface area contributed by atoms with Crippen LogP contribution in [0, 0.1) is 0 Å². The van der Waals surface area contributed by atoms with Crippen LogP contribution in [0.1, 0.15) is 11.1 Å². The van der Waals surface area contributed by atoms with Crippen molar-refractivity contribution in [1.29, 1.82) is 0 Å². The highest BCUT2D eigenvalue weighted by Gasteiger charge is 2.44. The minimum Gasteiger partial charge on any atom is -0.423 e. The summed E-state index contributed by atoms with van der Waals surface area (Å²) in [5.41, 5.74) is 3.44. The largest absolute Gasteiger partial charge is 0.491 e. The van der Waals surface area contributed by atoms with E-state index in [0.717, 1.165) is 26.5 Å². The number of rotatable bonds is 3. The number of carbonyl (C=O) groups is 1. The lowest BCUT2D eigenvalue weighted by molar-refractivity contribution is -0.170. The monoisotopic (exact) mass is 394 g/mol. The van der Waals surface area contributed by atoms with Gasteiger partial charge in [-0.3, -0.25) is 4.79 Å². The Hall–Kier alpha value is -2.17. The van der Waals surface area contributed by atoms with Crippen molar-refractivity contribution in [1.82, 2.24) is 0 Å². The van der Waals surface area contributed by atoms with Crippen LogP contribution in [-0.4, -0.2) is 30.8 Å². The summed E-state index contributed by atoms with van der Waals surface area (Å²) in [7, 11) is -0.927. The lowest BCUT2D eigenvalue weighted by Crippen LogP contribution is -2.40. The van der Waals surface area contributed by atoms with E-state index in [4.69, 9.17) is 4.65 Å². The standard InChI is InChI=1S/C17H14BF3N2O3S/c19-17(20,21)16(24)23-6-5-10-7-13(3-4-15(10)23)27-22-12-2-1-11-9-26-18(25)14(11)8-12/h1-4,7-8,22,25H,5-6,9H2. The third-order valence-electron chi connectivity index (χ3n) is 4.53. The van der Waals surface area contributed by atoms with Crippen LogP contribution in [0.15, 0.2) is 41.3 Å². The van der Waals surface area contributed by atoms with Crippen LogP contribution in [0.3, 0.4) is 0 Å². The fourth-order valence-corrected chi connectivity index (χ4v) is 3.90. The molecule has 27 heavy (non-hydrogen) atoms. The third kappa shape index (κ3) is 3.52. The first-order valence-corrected chi connectivity index (χ1v) is 9.01. The molecule has 2 N–H and O–H groups in total. The Bertz CT molecular complexity index is 909. The smallest absolute Gasteiger partial charge is 0.423 e. The Kier molecular flexibility index (Phi) is 4.57. The average molecular weight is 394 g/mol. The van der Waals surface area contributed by atoms with Crippen LogP contribution in [0.4, 0.5) is 24.5 Å². The van der Waals surface area contributed by atoms with Gasteiger partial charge in [0, 0.05) is 22.8 Å². The highest BCUT2D eigenvalue weighted by atomic mass is 32.2. The highest BCUT2D eigenvalue weighted by molar-refractivity contribution is 8.00. The van der Waals surface area contributed by atoms with Crippen molar-refractivity contribution in [3.05, 3.63) is 47.5 Å². The van der Waals surface area contributed by atoms with Gasteiger partial charge in [0.25, 0.3) is 0 Å². The molecule has 2 aliphatic heterocycles. The normalized spacial score (nSPS) is 15.7. The van der Waals surface area contributed by atoms with Crippen molar-refractivity contribution < 1.29 is 27.6 Å². The Morgan fingerprint density at radius 1 is 1.22 bits per heavy atom. The molecule has 0 fully saturated rings. The Morgan fingerprint density at radius 3 is 2.81 bits per heavy atom. The predicted octanol–water partition coefficient (Wildman–Crippen LogP) is 2.47. The number of carbonyl (C=O) groups excluding carboxylic acids is 1. The summed E-state index contributed by atoms with van der Waals surface area (Å²) in [5.74, 6) is -1.83. The zero-order valence-electron chi connectivity index (χ0n) is 13.9. The van der Waals surface area contributed by atoms with E-state index < -0.39 is 19.2 Å². The molecule has 1 amide bonds. The van der Waals surface area contributed by atoms with Crippen molar-refractivity contribution in [3.8, 4) is 0 Å². The fourth-order valence-electron chi connectivity index (χ4n) is 3.20. The number of benzene rings is 2. The summed E-state index contributed by atoms with van der Waals surface area (Å²) in [6.07, 6.45) is -4.49. The van der Waals surface area contributed by atoms with Crippen LogP contribution >= 0.6 is 11.9 Å². The van der Waals surface area contributed by atoms with Gasteiger partial charge in [0.2, 0.25) is 0 Å². The molecule has 140 valence electrons. The maximum Gasteiger partial charge on any atom is 0.491 e. The minimum atomic E-state index is -4.88. The number of alkyl halides is 3. The van der Waals surface area contributed by atoms with E-state index in [-0.39, 0.29) is 6.54 Å². The number of nitrogens with zero attached hydrogens (tertiary/aromatic N) is 1. The van der Waals surface area contributed by atoms with E-state index in [1.807, 2.05) is 12.1 Å². The Balaban J connectivity index is 1.46. The third-order valence-corrected chi connectivity index (χ3v) is 5.36. The molecular weight excluding hydrogens is 380 g/mol. The second-order valence-corrected chi connectivity index (χ2v) is 7.16. The summed E-state index contributed by atoms with van der Waals surface area (Å²) >= 11 is 1.30. The maximum atomic E-state index is 12.7. The van der Waals surface area contributed by atoms with Gasteiger partial charge >= 0.3 is 19.2 Å². The topological polar surface area (TPSA) is 61.8 Å². The van der Waals surface area contributed by atoms with Gasteiger partial charge in [-0.25, -0.2) is 0 Å². The van der Waals surface area contributed by atoms with Crippen LogP contribution in [-0.2, 0) is 22.5 Å². The molecule has 2 heterocycles. The molecule has 10 heteroatoms. The van der Waals surface area contributed by atoms with Crippen molar-refractivity contribution >= 4 is 41.8 Å². The lowest BCUT2D eigenvalue weighted by atomic mass is 9.79. The Labute approximate surface area is 157 Å². The van der Waals surface area contributed by atoms with Crippen LogP contribution < -0.4 is 15.1 Å². The van der Waals surface area contributed by atoms with Gasteiger partial charge in [0.1, 0.15) is 0 Å². The molecule has 0 saturated carbocycles. The quantitative estimate of drug-likeness (QED) is 0.619. The maximum absolute atomic E-state index is 12.7. The van der Waals surface area contributed by atoms with E-state index in [1.54, 1.807) is 18.2 Å². The number of nitrogens with one attached hydrogen (secondary N) is 1. The van der Waals surface area contributed by atoms with E-state index in [1.165, 1.54) is 18.0 Å². The highest BCUT2D eigenvalue weighted by Crippen LogP contribution is 2.34. The van der Waals surface area contributed by atoms with Crippen LogP contribution in [0.5, 0.6) is 0 Å². The predicted molar refractivity (Wildman–Crippen MR) is 96.9 cm³/mol. The number of fused-ring (bicyclic) bond motifs is 2. The first-order chi connectivity index (χ1) is 12.8. The van der Waals surface area contributed by atoms with Crippen LogP contribution in [0.2, 0.25) is 0 Å². The molecule has 2 aromatic carbocycles. The van der Waals surface area contributed by atoms with Gasteiger partial charge in [-0.1, -0.05) is 6.07 Å². The van der Waals surface area contributed by atoms with E-state index in [0.29, 0.717) is 24.3 Å². The molecule has 4 rings (SSSR count). The van der Waals surface area contributed by atoms with Crippen molar-refractivity contribution in [2.24, 2.45) is 0 Å². The van der Waals surface area contributed by atoms with E-state index >= 15 is 0 Å². The summed E-state index contributed by atoms with van der Waals surface area (Å²) < 4.78 is 46.3. The second-order valence-electron chi connectivity index (χ2n) is 6.28. The average Bonchev–Trinajstić information content (AvgIpc) is 3.22. The van der Waals surface area contributed by atoms with Crippen molar-refractivity contribution in [3.63, 3.8) is 0 Å². The van der Waals surface area contributed by atoms with Crippen LogP contribution in [0.25, 0.3) is 0 Å². The van der Waals surface area contributed by atoms with E-state index in [2.05, 4.69) is 4.72 Å². The molecule has 0 bridgehead atoms. The van der Waals surface area contributed by atoms with Gasteiger partial charge in [-0.15, -0.1) is 0 Å². The number of hydrogen-bond donors (Lipinski definition) is 2. The van der Waals surface area contributed by atoms with Crippen molar-refractivity contribution in [2.75, 3.05) is 16.2 Å². The van der Waals surface area contributed by atoms with Crippen molar-refractivity contribution in [2.45, 2.75) is 24.1 Å². The van der Waals surface area contributed by atoms with Gasteiger partial charge in [-0.05, 0) is 65.3 Å². The first kappa shape index (κ1) is 18.2. The van der Waals surface area contributed by atoms with E-state index in [9.17, 15) is 23.0 Å².